The molecule has 2 rings (SSSR count). The van der Waals surface area contributed by atoms with Crippen LogP contribution in [0.3, 0.4) is 0 Å². The molecule has 0 amide bonds. The molecule has 0 aliphatic rings. The van der Waals surface area contributed by atoms with E-state index in [-0.39, 0.29) is 0 Å². The molecule has 2 aromatic rings. The Morgan fingerprint density at radius 3 is 2.40 bits per heavy atom. The summed E-state index contributed by atoms with van der Waals surface area (Å²) in [5, 5.41) is 6.33. The molecule has 1 heteroatoms. The molecule has 2 aromatic carbocycles. The van der Waals surface area contributed by atoms with Crippen molar-refractivity contribution in [2.45, 2.75) is 52.5 Å². The Bertz CT molecular complexity index is 542. The third-order valence-electron chi connectivity index (χ3n) is 3.91. The Kier molecular flexibility index (Phi) is 5.60. The van der Waals surface area contributed by atoms with E-state index in [0.717, 1.165) is 6.54 Å². The van der Waals surface area contributed by atoms with Crippen LogP contribution in [0, 0.1) is 6.92 Å². The first-order valence-electron chi connectivity index (χ1n) is 7.89. The lowest BCUT2D eigenvalue weighted by atomic mass is 9.97. The standard InChI is InChI=1S/C19H27N/c1-15(2)20-14-8-4-5-9-17-13-12-16(3)18-10-6-7-11-19(17)18/h6-7,10-13,15,20H,4-5,8-9,14H2,1-3H3. The van der Waals surface area contributed by atoms with Gasteiger partial charge in [-0.2, -0.15) is 0 Å². The van der Waals surface area contributed by atoms with Crippen molar-refractivity contribution in [1.29, 1.82) is 0 Å². The monoisotopic (exact) mass is 269 g/mol. The van der Waals surface area contributed by atoms with E-state index in [0.29, 0.717) is 6.04 Å². The fourth-order valence-corrected chi connectivity index (χ4v) is 2.74. The highest BCUT2D eigenvalue weighted by Gasteiger charge is 2.03. The van der Waals surface area contributed by atoms with Crippen LogP contribution in [0.15, 0.2) is 36.4 Å². The summed E-state index contributed by atoms with van der Waals surface area (Å²) in [6, 6.07) is 14.0. The van der Waals surface area contributed by atoms with Gasteiger partial charge in [0.2, 0.25) is 0 Å². The number of hydrogen-bond donors (Lipinski definition) is 1. The second-order valence-corrected chi connectivity index (χ2v) is 6.01. The zero-order valence-corrected chi connectivity index (χ0v) is 13.1. The minimum atomic E-state index is 0.607. The molecule has 1 N–H and O–H groups in total. The molecule has 0 aliphatic carbocycles. The van der Waals surface area contributed by atoms with Gasteiger partial charge in [0.05, 0.1) is 0 Å². The second-order valence-electron chi connectivity index (χ2n) is 6.01. The summed E-state index contributed by atoms with van der Waals surface area (Å²) in [7, 11) is 0. The molecule has 20 heavy (non-hydrogen) atoms. The van der Waals surface area contributed by atoms with E-state index in [1.165, 1.54) is 47.6 Å². The Hall–Kier alpha value is -1.34. The lowest BCUT2D eigenvalue weighted by Crippen LogP contribution is -2.23. The summed E-state index contributed by atoms with van der Waals surface area (Å²) in [6.07, 6.45) is 5.07. The van der Waals surface area contributed by atoms with Gasteiger partial charge < -0.3 is 5.32 Å². The highest BCUT2D eigenvalue weighted by Crippen LogP contribution is 2.23. The second kappa shape index (κ2) is 7.44. The first kappa shape index (κ1) is 15.1. The summed E-state index contributed by atoms with van der Waals surface area (Å²) in [5.41, 5.74) is 2.88. The average molecular weight is 269 g/mol. The highest BCUT2D eigenvalue weighted by molar-refractivity contribution is 5.88. The molecular formula is C19H27N. The normalized spacial score (nSPS) is 11.4. The summed E-state index contributed by atoms with van der Waals surface area (Å²) in [5.74, 6) is 0. The van der Waals surface area contributed by atoms with E-state index in [9.17, 15) is 0 Å². The molecule has 0 heterocycles. The summed E-state index contributed by atoms with van der Waals surface area (Å²) in [6.45, 7) is 7.76. The van der Waals surface area contributed by atoms with E-state index in [1.54, 1.807) is 0 Å². The molecular weight excluding hydrogens is 242 g/mol. The zero-order valence-electron chi connectivity index (χ0n) is 13.1. The van der Waals surface area contributed by atoms with E-state index in [1.807, 2.05) is 0 Å². The number of rotatable bonds is 7. The number of unbranched alkanes of at least 4 members (excludes halogenated alkanes) is 2. The topological polar surface area (TPSA) is 12.0 Å². The number of aryl methyl sites for hydroxylation is 2. The van der Waals surface area contributed by atoms with Crippen molar-refractivity contribution in [2.75, 3.05) is 6.54 Å². The fraction of sp³-hybridized carbons (Fsp3) is 0.474. The van der Waals surface area contributed by atoms with Gasteiger partial charge in [-0.1, -0.05) is 56.7 Å². The molecule has 0 saturated heterocycles. The SMILES string of the molecule is Cc1ccc(CCCCCNC(C)C)c2ccccc12. The van der Waals surface area contributed by atoms with Crippen LogP contribution in [0.4, 0.5) is 0 Å². The maximum atomic E-state index is 3.48. The first-order valence-corrected chi connectivity index (χ1v) is 7.89. The molecule has 0 spiro atoms. The van der Waals surface area contributed by atoms with Crippen LogP contribution < -0.4 is 5.32 Å². The van der Waals surface area contributed by atoms with Crippen molar-refractivity contribution < 1.29 is 0 Å². The van der Waals surface area contributed by atoms with Gasteiger partial charge in [-0.15, -0.1) is 0 Å². The molecule has 0 saturated carbocycles. The Balaban J connectivity index is 1.89. The van der Waals surface area contributed by atoms with Gasteiger partial charge in [-0.3, -0.25) is 0 Å². The van der Waals surface area contributed by atoms with E-state index >= 15 is 0 Å². The van der Waals surface area contributed by atoms with Crippen LogP contribution in [0.25, 0.3) is 10.8 Å². The average Bonchev–Trinajstić information content (AvgIpc) is 2.45. The predicted molar refractivity (Wildman–Crippen MR) is 89.4 cm³/mol. The lowest BCUT2D eigenvalue weighted by Gasteiger charge is -2.10. The summed E-state index contributed by atoms with van der Waals surface area (Å²) in [4.78, 5) is 0. The molecule has 0 aromatic heterocycles. The molecule has 108 valence electrons. The number of fused-ring (bicyclic) bond motifs is 1. The van der Waals surface area contributed by atoms with Gasteiger partial charge in [0.15, 0.2) is 0 Å². The van der Waals surface area contributed by atoms with Gasteiger partial charge in [0.1, 0.15) is 0 Å². The minimum absolute atomic E-state index is 0.607. The van der Waals surface area contributed by atoms with Crippen LogP contribution in [0.2, 0.25) is 0 Å². The third-order valence-corrected chi connectivity index (χ3v) is 3.91. The van der Waals surface area contributed by atoms with E-state index < -0.39 is 0 Å². The Labute approximate surface area is 123 Å². The Morgan fingerprint density at radius 2 is 1.65 bits per heavy atom. The smallest absolute Gasteiger partial charge is 0.00103 e. The molecule has 0 aliphatic heterocycles. The van der Waals surface area contributed by atoms with Gasteiger partial charge in [-0.05, 0) is 54.6 Å². The van der Waals surface area contributed by atoms with E-state index in [2.05, 4.69) is 62.5 Å². The predicted octanol–water partition coefficient (Wildman–Crippen LogP) is 4.86. The maximum absolute atomic E-state index is 3.48. The third kappa shape index (κ3) is 4.08. The van der Waals surface area contributed by atoms with Crippen molar-refractivity contribution in [3.8, 4) is 0 Å². The highest BCUT2D eigenvalue weighted by atomic mass is 14.9. The molecule has 0 fully saturated rings. The van der Waals surface area contributed by atoms with Gasteiger partial charge in [0.25, 0.3) is 0 Å². The van der Waals surface area contributed by atoms with Crippen LogP contribution in [-0.4, -0.2) is 12.6 Å². The van der Waals surface area contributed by atoms with Crippen LogP contribution in [0.1, 0.15) is 44.2 Å². The number of benzene rings is 2. The van der Waals surface area contributed by atoms with Gasteiger partial charge in [-0.25, -0.2) is 0 Å². The van der Waals surface area contributed by atoms with Crippen molar-refractivity contribution in [3.05, 3.63) is 47.5 Å². The van der Waals surface area contributed by atoms with Crippen molar-refractivity contribution in [1.82, 2.24) is 5.32 Å². The van der Waals surface area contributed by atoms with Gasteiger partial charge in [0, 0.05) is 6.04 Å². The largest absolute Gasteiger partial charge is 0.315 e. The van der Waals surface area contributed by atoms with Crippen molar-refractivity contribution in [3.63, 3.8) is 0 Å². The first-order chi connectivity index (χ1) is 9.68. The van der Waals surface area contributed by atoms with E-state index in [4.69, 9.17) is 0 Å². The lowest BCUT2D eigenvalue weighted by molar-refractivity contribution is 0.549. The number of nitrogens with one attached hydrogen (secondary N) is 1. The zero-order chi connectivity index (χ0) is 14.4. The molecule has 0 bridgehead atoms. The quantitative estimate of drug-likeness (QED) is 0.708. The van der Waals surface area contributed by atoms with Crippen LogP contribution in [-0.2, 0) is 6.42 Å². The number of hydrogen-bond acceptors (Lipinski definition) is 1. The molecule has 0 radical (unpaired) electrons. The van der Waals surface area contributed by atoms with Gasteiger partial charge >= 0.3 is 0 Å². The fourth-order valence-electron chi connectivity index (χ4n) is 2.74. The maximum Gasteiger partial charge on any atom is 0.00103 e. The molecule has 1 nitrogen and oxygen atoms in total. The van der Waals surface area contributed by atoms with Crippen molar-refractivity contribution >= 4 is 10.8 Å². The summed E-state index contributed by atoms with van der Waals surface area (Å²) >= 11 is 0. The van der Waals surface area contributed by atoms with Crippen LogP contribution >= 0.6 is 0 Å². The van der Waals surface area contributed by atoms with Crippen LogP contribution in [0.5, 0.6) is 0 Å². The Morgan fingerprint density at radius 1 is 0.900 bits per heavy atom. The minimum Gasteiger partial charge on any atom is -0.315 e. The molecule has 0 atom stereocenters. The molecule has 0 unspecified atom stereocenters. The van der Waals surface area contributed by atoms with Crippen molar-refractivity contribution in [2.24, 2.45) is 0 Å². The summed E-state index contributed by atoms with van der Waals surface area (Å²) < 4.78 is 0.